The summed E-state index contributed by atoms with van der Waals surface area (Å²) >= 11 is 6.70. The molecule has 1 N–H and O–H groups in total. The fourth-order valence-corrected chi connectivity index (χ4v) is 2.29. The maximum atomic E-state index is 5.09. The lowest BCUT2D eigenvalue weighted by Gasteiger charge is -2.34. The summed E-state index contributed by atoms with van der Waals surface area (Å²) in [7, 11) is 0. The summed E-state index contributed by atoms with van der Waals surface area (Å²) in [5, 5.41) is 3.25. The maximum absolute atomic E-state index is 5.09. The monoisotopic (exact) mass is 273 g/mol. The minimum Gasteiger partial charge on any atom is -0.371 e. The van der Waals surface area contributed by atoms with Crippen molar-refractivity contribution < 1.29 is 0 Å². The first-order chi connectivity index (χ1) is 8.26. The molecule has 0 unspecified atom stereocenters. The van der Waals surface area contributed by atoms with Gasteiger partial charge in [-0.2, -0.15) is 0 Å². The molecule has 1 heterocycles. The highest BCUT2D eigenvalue weighted by Gasteiger charge is 2.14. The van der Waals surface area contributed by atoms with Gasteiger partial charge in [-0.05, 0) is 19.2 Å². The van der Waals surface area contributed by atoms with E-state index in [9.17, 15) is 0 Å². The van der Waals surface area contributed by atoms with Crippen molar-refractivity contribution >= 4 is 28.3 Å². The Hall–Kier alpha value is -0.100. The predicted molar refractivity (Wildman–Crippen MR) is 81.8 cm³/mol. The van der Waals surface area contributed by atoms with E-state index in [2.05, 4.69) is 21.7 Å². The van der Waals surface area contributed by atoms with Crippen molar-refractivity contribution in [2.45, 2.75) is 6.42 Å². The molecule has 0 spiro atoms. The maximum Gasteiger partial charge on any atom is 0.133 e. The van der Waals surface area contributed by atoms with Crippen LogP contribution in [0.15, 0.2) is 12.7 Å². The summed E-state index contributed by atoms with van der Waals surface area (Å²) in [4.78, 5) is 4.98. The van der Waals surface area contributed by atoms with E-state index in [1.54, 1.807) is 11.8 Å². The van der Waals surface area contributed by atoms with Gasteiger partial charge < -0.3 is 10.2 Å². The molecule has 1 aliphatic rings. The van der Waals surface area contributed by atoms with Crippen LogP contribution in [-0.4, -0.2) is 66.2 Å². The molecule has 0 amide bonds. The van der Waals surface area contributed by atoms with Crippen molar-refractivity contribution in [2.75, 3.05) is 52.1 Å². The second-order valence-corrected chi connectivity index (χ2v) is 5.69. The number of nitrogens with zero attached hydrogens (tertiary/aromatic N) is 2. The number of rotatable bonds is 6. The van der Waals surface area contributed by atoms with Crippen molar-refractivity contribution in [2.24, 2.45) is 0 Å². The summed E-state index contributed by atoms with van der Waals surface area (Å²) in [6.45, 7) is 11.7. The zero-order valence-corrected chi connectivity index (χ0v) is 12.3. The van der Waals surface area contributed by atoms with Crippen LogP contribution in [-0.2, 0) is 0 Å². The molecule has 0 saturated carbocycles. The Morgan fingerprint density at radius 2 is 2.00 bits per heavy atom. The molecule has 0 aromatic heterocycles. The van der Waals surface area contributed by atoms with Crippen LogP contribution in [0, 0.1) is 0 Å². The topological polar surface area (TPSA) is 18.5 Å². The highest BCUT2D eigenvalue weighted by atomic mass is 32.2. The first-order valence-corrected chi connectivity index (χ1v) is 7.77. The van der Waals surface area contributed by atoms with Crippen molar-refractivity contribution in [3.05, 3.63) is 12.7 Å². The molecule has 1 fully saturated rings. The number of nitrogens with one attached hydrogen (secondary N) is 1. The van der Waals surface area contributed by atoms with Crippen LogP contribution in [0.4, 0.5) is 0 Å². The average molecular weight is 273 g/mol. The largest absolute Gasteiger partial charge is 0.371 e. The molecule has 3 nitrogen and oxygen atoms in total. The number of thiocarbonyl (C=S) groups is 1. The van der Waals surface area contributed by atoms with Gasteiger partial charge in [-0.15, -0.1) is 18.3 Å². The van der Waals surface area contributed by atoms with Gasteiger partial charge in [0.05, 0.1) is 0 Å². The van der Waals surface area contributed by atoms with Crippen LogP contribution >= 0.6 is 24.0 Å². The Kier molecular flexibility index (Phi) is 7.84. The van der Waals surface area contributed by atoms with Gasteiger partial charge in [0.1, 0.15) is 4.32 Å². The van der Waals surface area contributed by atoms with Crippen molar-refractivity contribution in [3.8, 4) is 0 Å². The Morgan fingerprint density at radius 3 is 2.59 bits per heavy atom. The van der Waals surface area contributed by atoms with E-state index in [-0.39, 0.29) is 0 Å². The molecule has 0 aliphatic carbocycles. The molecule has 0 aromatic rings. The van der Waals surface area contributed by atoms with E-state index in [1.165, 1.54) is 39.1 Å². The van der Waals surface area contributed by atoms with E-state index in [0.717, 1.165) is 17.4 Å². The van der Waals surface area contributed by atoms with Crippen molar-refractivity contribution in [1.29, 1.82) is 0 Å². The lowest BCUT2D eigenvalue weighted by Crippen LogP contribution is -2.46. The van der Waals surface area contributed by atoms with E-state index in [1.807, 2.05) is 12.3 Å². The molecular weight excluding hydrogens is 250 g/mol. The van der Waals surface area contributed by atoms with E-state index < -0.39 is 0 Å². The standard InChI is InChI=1S/C12H23N3S2/c1-3-6-14-8-10-15(11-9-14)7-4-5-13-12(16)17-2/h3H,1,4-11H2,2H3,(H,13,16). The number of piperazine rings is 1. The summed E-state index contributed by atoms with van der Waals surface area (Å²) in [5.41, 5.74) is 0. The Balaban J connectivity index is 2.02. The molecule has 0 aromatic carbocycles. The molecule has 0 radical (unpaired) electrons. The fraction of sp³-hybridized carbons (Fsp3) is 0.750. The summed E-state index contributed by atoms with van der Waals surface area (Å²) in [5.74, 6) is 0. The van der Waals surface area contributed by atoms with Gasteiger partial charge in [-0.3, -0.25) is 4.90 Å². The number of hydrogen-bond donors (Lipinski definition) is 1. The third kappa shape index (κ3) is 6.41. The highest BCUT2D eigenvalue weighted by Crippen LogP contribution is 2.02. The SMILES string of the molecule is C=CCN1CCN(CCCNC(=S)SC)CC1. The molecule has 1 rings (SSSR count). The Labute approximate surface area is 115 Å². The summed E-state index contributed by atoms with van der Waals surface area (Å²) in [6.07, 6.45) is 5.17. The smallest absolute Gasteiger partial charge is 0.133 e. The van der Waals surface area contributed by atoms with Crippen LogP contribution in [0.2, 0.25) is 0 Å². The van der Waals surface area contributed by atoms with Gasteiger partial charge in [0.2, 0.25) is 0 Å². The van der Waals surface area contributed by atoms with Crippen molar-refractivity contribution in [1.82, 2.24) is 15.1 Å². The van der Waals surface area contributed by atoms with Crippen LogP contribution in [0.1, 0.15) is 6.42 Å². The fourth-order valence-electron chi connectivity index (χ4n) is 1.94. The zero-order valence-electron chi connectivity index (χ0n) is 10.7. The molecule has 1 saturated heterocycles. The number of hydrogen-bond acceptors (Lipinski definition) is 4. The highest BCUT2D eigenvalue weighted by molar-refractivity contribution is 8.22. The van der Waals surface area contributed by atoms with Gasteiger partial charge in [-0.1, -0.05) is 18.3 Å². The summed E-state index contributed by atoms with van der Waals surface area (Å²) in [6, 6.07) is 0. The van der Waals surface area contributed by atoms with Crippen LogP contribution in [0.5, 0.6) is 0 Å². The van der Waals surface area contributed by atoms with Crippen LogP contribution in [0.25, 0.3) is 0 Å². The molecule has 0 atom stereocenters. The number of thioether (sulfide) groups is 1. The van der Waals surface area contributed by atoms with Gasteiger partial charge in [-0.25, -0.2) is 0 Å². The first kappa shape index (κ1) is 15.0. The lowest BCUT2D eigenvalue weighted by atomic mass is 10.3. The van der Waals surface area contributed by atoms with Gasteiger partial charge in [0.15, 0.2) is 0 Å². The Bertz CT molecular complexity index is 238. The molecule has 17 heavy (non-hydrogen) atoms. The van der Waals surface area contributed by atoms with Gasteiger partial charge in [0, 0.05) is 39.3 Å². The molecule has 5 heteroatoms. The minimum atomic E-state index is 0.904. The summed E-state index contributed by atoms with van der Waals surface area (Å²) < 4.78 is 0.904. The third-order valence-electron chi connectivity index (χ3n) is 2.96. The van der Waals surface area contributed by atoms with E-state index in [4.69, 9.17) is 12.2 Å². The molecule has 0 bridgehead atoms. The average Bonchev–Trinajstić information content (AvgIpc) is 2.36. The minimum absolute atomic E-state index is 0.904. The Morgan fingerprint density at radius 1 is 1.35 bits per heavy atom. The van der Waals surface area contributed by atoms with Crippen LogP contribution in [0.3, 0.4) is 0 Å². The predicted octanol–water partition coefficient (Wildman–Crippen LogP) is 1.42. The van der Waals surface area contributed by atoms with Crippen molar-refractivity contribution in [3.63, 3.8) is 0 Å². The second-order valence-electron chi connectivity index (χ2n) is 4.20. The van der Waals surface area contributed by atoms with E-state index >= 15 is 0 Å². The first-order valence-electron chi connectivity index (χ1n) is 6.13. The normalized spacial score (nSPS) is 17.9. The second kappa shape index (κ2) is 8.91. The zero-order chi connectivity index (χ0) is 12.5. The lowest BCUT2D eigenvalue weighted by molar-refractivity contribution is 0.142. The van der Waals surface area contributed by atoms with E-state index in [0.29, 0.717) is 0 Å². The van der Waals surface area contributed by atoms with Gasteiger partial charge in [0.25, 0.3) is 0 Å². The quantitative estimate of drug-likeness (QED) is 0.447. The van der Waals surface area contributed by atoms with Gasteiger partial charge >= 0.3 is 0 Å². The van der Waals surface area contributed by atoms with Crippen LogP contribution < -0.4 is 5.32 Å². The third-order valence-corrected chi connectivity index (χ3v) is 4.12. The molecular formula is C12H23N3S2. The molecule has 1 aliphatic heterocycles. The molecule has 98 valence electrons.